The lowest BCUT2D eigenvalue weighted by atomic mass is 9.79. The highest BCUT2D eigenvalue weighted by atomic mass is 16.2. The zero-order chi connectivity index (χ0) is 14.1. The van der Waals surface area contributed by atoms with Crippen molar-refractivity contribution in [3.05, 3.63) is 0 Å². The van der Waals surface area contributed by atoms with Gasteiger partial charge in [0.2, 0.25) is 11.8 Å². The molecule has 0 aromatic rings. The first-order valence-electron chi connectivity index (χ1n) is 7.23. The summed E-state index contributed by atoms with van der Waals surface area (Å²) in [7, 11) is 0. The van der Waals surface area contributed by atoms with Gasteiger partial charge in [0.05, 0.1) is 0 Å². The molecular weight excluding hydrogens is 242 g/mol. The third kappa shape index (κ3) is 2.91. The normalized spacial score (nSPS) is 25.8. The standard InChI is InChI=1S/C14H25N3O2/c1-13(2)12(19)16-8-9-17(13)11(18)10-14(15)6-4-3-5-7-14/h3-10,15H2,1-2H3,(H,16,19). The summed E-state index contributed by atoms with van der Waals surface area (Å²) in [5, 5.41) is 2.81. The van der Waals surface area contributed by atoms with Gasteiger partial charge in [0.1, 0.15) is 5.54 Å². The van der Waals surface area contributed by atoms with Gasteiger partial charge >= 0.3 is 0 Å². The van der Waals surface area contributed by atoms with Gasteiger partial charge in [-0.05, 0) is 26.7 Å². The Morgan fingerprint density at radius 1 is 1.32 bits per heavy atom. The summed E-state index contributed by atoms with van der Waals surface area (Å²) in [6.07, 6.45) is 5.62. The van der Waals surface area contributed by atoms with Gasteiger partial charge in [0.25, 0.3) is 0 Å². The van der Waals surface area contributed by atoms with Crippen LogP contribution >= 0.6 is 0 Å². The number of piperazine rings is 1. The first-order valence-corrected chi connectivity index (χ1v) is 7.23. The molecule has 1 aliphatic heterocycles. The average Bonchev–Trinajstić information content (AvgIpc) is 2.32. The smallest absolute Gasteiger partial charge is 0.245 e. The van der Waals surface area contributed by atoms with Crippen LogP contribution in [0.5, 0.6) is 0 Å². The molecule has 2 aliphatic rings. The quantitative estimate of drug-likeness (QED) is 0.776. The predicted octanol–water partition coefficient (Wildman–Crippen LogP) is 0.775. The zero-order valence-electron chi connectivity index (χ0n) is 12.0. The fraction of sp³-hybridized carbons (Fsp3) is 0.857. The molecule has 2 fully saturated rings. The Hall–Kier alpha value is -1.10. The van der Waals surface area contributed by atoms with E-state index >= 15 is 0 Å². The number of rotatable bonds is 2. The van der Waals surface area contributed by atoms with E-state index in [0.717, 1.165) is 25.7 Å². The van der Waals surface area contributed by atoms with Crippen LogP contribution < -0.4 is 11.1 Å². The van der Waals surface area contributed by atoms with Crippen molar-refractivity contribution in [1.29, 1.82) is 0 Å². The maximum Gasteiger partial charge on any atom is 0.245 e. The minimum absolute atomic E-state index is 0.0178. The molecule has 0 radical (unpaired) electrons. The average molecular weight is 267 g/mol. The molecule has 0 bridgehead atoms. The Morgan fingerprint density at radius 3 is 2.58 bits per heavy atom. The van der Waals surface area contributed by atoms with Crippen molar-refractivity contribution in [1.82, 2.24) is 10.2 Å². The van der Waals surface area contributed by atoms with E-state index in [1.165, 1.54) is 6.42 Å². The lowest BCUT2D eigenvalue weighted by molar-refractivity contribution is -0.150. The molecule has 0 aromatic heterocycles. The Kier molecular flexibility index (Phi) is 3.85. The number of nitrogens with zero attached hydrogens (tertiary/aromatic N) is 1. The van der Waals surface area contributed by atoms with Gasteiger partial charge in [0, 0.05) is 25.0 Å². The molecule has 1 heterocycles. The van der Waals surface area contributed by atoms with E-state index in [2.05, 4.69) is 5.32 Å². The lowest BCUT2D eigenvalue weighted by Crippen LogP contribution is -2.64. The Bertz CT molecular complexity index is 373. The fourth-order valence-electron chi connectivity index (χ4n) is 3.17. The molecule has 3 N–H and O–H groups in total. The molecule has 5 nitrogen and oxygen atoms in total. The molecule has 1 saturated carbocycles. The van der Waals surface area contributed by atoms with Gasteiger partial charge < -0.3 is 16.0 Å². The Morgan fingerprint density at radius 2 is 1.95 bits per heavy atom. The largest absolute Gasteiger partial charge is 0.352 e. The molecular formula is C14H25N3O2. The molecule has 1 aliphatic carbocycles. The van der Waals surface area contributed by atoms with Crippen LogP contribution in [-0.2, 0) is 9.59 Å². The van der Waals surface area contributed by atoms with Crippen LogP contribution in [-0.4, -0.2) is 40.9 Å². The second-order valence-corrected chi connectivity index (χ2v) is 6.46. The highest BCUT2D eigenvalue weighted by Crippen LogP contribution is 2.30. The van der Waals surface area contributed by atoms with Crippen LogP contribution in [0.3, 0.4) is 0 Å². The molecule has 5 heteroatoms. The zero-order valence-corrected chi connectivity index (χ0v) is 12.0. The SMILES string of the molecule is CC1(C)C(=O)NCCN1C(=O)CC1(N)CCCCC1. The summed E-state index contributed by atoms with van der Waals surface area (Å²) in [4.78, 5) is 26.1. The van der Waals surface area contributed by atoms with Gasteiger partial charge in [0.15, 0.2) is 0 Å². The van der Waals surface area contributed by atoms with E-state index in [1.54, 1.807) is 18.7 Å². The monoisotopic (exact) mass is 267 g/mol. The van der Waals surface area contributed by atoms with Crippen LogP contribution in [0.25, 0.3) is 0 Å². The molecule has 0 aromatic carbocycles. The number of carbonyl (C=O) groups is 2. The van der Waals surface area contributed by atoms with Crippen LogP contribution in [0.15, 0.2) is 0 Å². The molecule has 0 unspecified atom stereocenters. The molecule has 0 atom stereocenters. The first-order chi connectivity index (χ1) is 8.85. The van der Waals surface area contributed by atoms with E-state index in [-0.39, 0.29) is 17.4 Å². The minimum atomic E-state index is -0.764. The summed E-state index contributed by atoms with van der Waals surface area (Å²) < 4.78 is 0. The third-order valence-electron chi connectivity index (χ3n) is 4.51. The molecule has 1 saturated heterocycles. The molecule has 0 spiro atoms. The number of amides is 2. The predicted molar refractivity (Wildman–Crippen MR) is 73.4 cm³/mol. The second-order valence-electron chi connectivity index (χ2n) is 6.46. The van der Waals surface area contributed by atoms with E-state index in [4.69, 9.17) is 5.73 Å². The summed E-state index contributed by atoms with van der Waals surface area (Å²) in [6, 6.07) is 0. The highest BCUT2D eigenvalue weighted by Gasteiger charge is 2.42. The fourth-order valence-corrected chi connectivity index (χ4v) is 3.17. The molecule has 108 valence electrons. The van der Waals surface area contributed by atoms with Gasteiger partial charge in [-0.25, -0.2) is 0 Å². The van der Waals surface area contributed by atoms with Gasteiger partial charge in [-0.15, -0.1) is 0 Å². The van der Waals surface area contributed by atoms with Crippen LogP contribution in [0.4, 0.5) is 0 Å². The van der Waals surface area contributed by atoms with Crippen molar-refractivity contribution < 1.29 is 9.59 Å². The van der Waals surface area contributed by atoms with Crippen LogP contribution in [0.1, 0.15) is 52.4 Å². The Labute approximate surface area is 114 Å². The minimum Gasteiger partial charge on any atom is -0.352 e. The van der Waals surface area contributed by atoms with Crippen molar-refractivity contribution >= 4 is 11.8 Å². The van der Waals surface area contributed by atoms with Crippen molar-refractivity contribution in [2.24, 2.45) is 5.73 Å². The van der Waals surface area contributed by atoms with E-state index in [1.807, 2.05) is 0 Å². The highest BCUT2D eigenvalue weighted by molar-refractivity contribution is 5.92. The third-order valence-corrected chi connectivity index (χ3v) is 4.51. The van der Waals surface area contributed by atoms with E-state index in [0.29, 0.717) is 19.5 Å². The van der Waals surface area contributed by atoms with Crippen LogP contribution in [0, 0.1) is 0 Å². The van der Waals surface area contributed by atoms with Crippen LogP contribution in [0.2, 0.25) is 0 Å². The second kappa shape index (κ2) is 5.12. The number of carbonyl (C=O) groups excluding carboxylic acids is 2. The number of hydrogen-bond donors (Lipinski definition) is 2. The maximum atomic E-state index is 12.5. The summed E-state index contributed by atoms with van der Waals surface area (Å²) in [6.45, 7) is 4.70. The van der Waals surface area contributed by atoms with Gasteiger partial charge in [-0.1, -0.05) is 19.3 Å². The summed E-state index contributed by atoms with van der Waals surface area (Å²) in [5.41, 5.74) is 5.22. The summed E-state index contributed by atoms with van der Waals surface area (Å²) >= 11 is 0. The van der Waals surface area contributed by atoms with Crippen molar-refractivity contribution in [3.63, 3.8) is 0 Å². The number of nitrogens with two attached hydrogens (primary N) is 1. The van der Waals surface area contributed by atoms with Gasteiger partial charge in [-0.3, -0.25) is 9.59 Å². The van der Waals surface area contributed by atoms with Crippen molar-refractivity contribution in [2.75, 3.05) is 13.1 Å². The number of nitrogens with one attached hydrogen (secondary N) is 1. The van der Waals surface area contributed by atoms with Crippen molar-refractivity contribution in [2.45, 2.75) is 63.5 Å². The van der Waals surface area contributed by atoms with E-state index in [9.17, 15) is 9.59 Å². The molecule has 2 rings (SSSR count). The lowest BCUT2D eigenvalue weighted by Gasteiger charge is -2.43. The molecule has 19 heavy (non-hydrogen) atoms. The van der Waals surface area contributed by atoms with Crippen molar-refractivity contribution in [3.8, 4) is 0 Å². The number of hydrogen-bond acceptors (Lipinski definition) is 3. The Balaban J connectivity index is 2.04. The maximum absolute atomic E-state index is 12.5. The molecule has 2 amide bonds. The first kappa shape index (κ1) is 14.3. The van der Waals surface area contributed by atoms with E-state index < -0.39 is 5.54 Å². The topological polar surface area (TPSA) is 75.4 Å². The summed E-state index contributed by atoms with van der Waals surface area (Å²) in [5.74, 6) is -0.0638. The van der Waals surface area contributed by atoms with Gasteiger partial charge in [-0.2, -0.15) is 0 Å².